The molecule has 2 aliphatic carbocycles. The minimum atomic E-state index is -0.232. The quantitative estimate of drug-likeness (QED) is 0.694. The van der Waals surface area contributed by atoms with Gasteiger partial charge in [-0.05, 0) is 42.7 Å². The lowest BCUT2D eigenvalue weighted by molar-refractivity contribution is -0.145. The summed E-state index contributed by atoms with van der Waals surface area (Å²) in [5.41, 5.74) is 2.24. The summed E-state index contributed by atoms with van der Waals surface area (Å²) in [7, 11) is 0. The van der Waals surface area contributed by atoms with Crippen molar-refractivity contribution in [2.75, 3.05) is 0 Å². The number of ether oxygens (including phenoxy) is 1. The molecule has 1 heterocycles. The number of esters is 1. The summed E-state index contributed by atoms with van der Waals surface area (Å²) in [6.45, 7) is 0. The van der Waals surface area contributed by atoms with Gasteiger partial charge in [0.25, 0.3) is 0 Å². The van der Waals surface area contributed by atoms with Crippen LogP contribution in [-0.2, 0) is 9.53 Å². The summed E-state index contributed by atoms with van der Waals surface area (Å²) in [5, 5.41) is 0. The van der Waals surface area contributed by atoms with E-state index >= 15 is 0 Å². The standard InChI is InChI=1S/C19H20N2O2/c22-19(7-6-13-4-2-1-3-5-13)23-18-10-14-8-15(18)9-16(14)17-11-20-12-21-17/h1-7,11-12,14-16,18H,8-10H2,(H,20,21)/b7-6+/t14-,15-,16-,18-/m0/s1. The molecule has 4 atom stereocenters. The molecule has 0 amide bonds. The summed E-state index contributed by atoms with van der Waals surface area (Å²) in [6, 6.07) is 9.81. The molecule has 1 aromatic carbocycles. The van der Waals surface area contributed by atoms with Gasteiger partial charge in [-0.2, -0.15) is 0 Å². The van der Waals surface area contributed by atoms with E-state index in [-0.39, 0.29) is 12.1 Å². The summed E-state index contributed by atoms with van der Waals surface area (Å²) < 4.78 is 5.68. The van der Waals surface area contributed by atoms with Crippen molar-refractivity contribution in [1.82, 2.24) is 9.97 Å². The van der Waals surface area contributed by atoms with Crippen molar-refractivity contribution in [2.45, 2.75) is 31.3 Å². The van der Waals surface area contributed by atoms with Crippen LogP contribution in [0.15, 0.2) is 48.9 Å². The Balaban J connectivity index is 1.33. The Bertz CT molecular complexity index is 693. The summed E-state index contributed by atoms with van der Waals surface area (Å²) >= 11 is 0. The van der Waals surface area contributed by atoms with Crippen molar-refractivity contribution in [3.05, 3.63) is 60.2 Å². The molecule has 4 nitrogen and oxygen atoms in total. The van der Waals surface area contributed by atoms with Crippen LogP contribution in [0.2, 0.25) is 0 Å². The number of carbonyl (C=O) groups excluding carboxylic acids is 1. The largest absolute Gasteiger partial charge is 0.459 e. The number of carbonyl (C=O) groups is 1. The Morgan fingerprint density at radius 1 is 1.17 bits per heavy atom. The molecule has 2 saturated carbocycles. The van der Waals surface area contributed by atoms with Gasteiger partial charge in [-0.3, -0.25) is 0 Å². The third-order valence-corrected chi connectivity index (χ3v) is 5.19. The SMILES string of the molecule is O=C(/C=C/c1ccccc1)O[C@H]1C[C@@H]2C[C@H]1C[C@@H]2c1cnc[nH]1. The molecule has 0 radical (unpaired) electrons. The first kappa shape index (κ1) is 14.2. The highest BCUT2D eigenvalue weighted by molar-refractivity contribution is 5.87. The average Bonchev–Trinajstić information content (AvgIpc) is 3.30. The van der Waals surface area contributed by atoms with Crippen LogP contribution in [0.25, 0.3) is 6.08 Å². The van der Waals surface area contributed by atoms with Crippen LogP contribution in [0.1, 0.15) is 36.4 Å². The molecule has 23 heavy (non-hydrogen) atoms. The molecule has 4 heteroatoms. The molecule has 4 rings (SSSR count). The molecule has 0 spiro atoms. The fraction of sp³-hybridized carbons (Fsp3) is 0.368. The van der Waals surface area contributed by atoms with Gasteiger partial charge in [-0.15, -0.1) is 0 Å². The number of fused-ring (bicyclic) bond motifs is 2. The van der Waals surface area contributed by atoms with Crippen LogP contribution in [0, 0.1) is 11.8 Å². The van der Waals surface area contributed by atoms with E-state index in [1.54, 1.807) is 6.33 Å². The van der Waals surface area contributed by atoms with Crippen molar-refractivity contribution < 1.29 is 9.53 Å². The van der Waals surface area contributed by atoms with E-state index in [4.69, 9.17) is 4.74 Å². The van der Waals surface area contributed by atoms with Crippen LogP contribution in [0.3, 0.4) is 0 Å². The molecule has 2 aliphatic rings. The van der Waals surface area contributed by atoms with Gasteiger partial charge in [0.15, 0.2) is 0 Å². The lowest BCUT2D eigenvalue weighted by Gasteiger charge is -2.26. The van der Waals surface area contributed by atoms with E-state index < -0.39 is 0 Å². The van der Waals surface area contributed by atoms with Crippen molar-refractivity contribution in [3.63, 3.8) is 0 Å². The highest BCUT2D eigenvalue weighted by atomic mass is 16.5. The second-order valence-electron chi connectivity index (χ2n) is 6.56. The van der Waals surface area contributed by atoms with Crippen LogP contribution in [0.4, 0.5) is 0 Å². The lowest BCUT2D eigenvalue weighted by Crippen LogP contribution is -2.26. The zero-order valence-corrected chi connectivity index (χ0v) is 12.9. The highest BCUT2D eigenvalue weighted by Gasteiger charge is 2.48. The monoisotopic (exact) mass is 308 g/mol. The Morgan fingerprint density at radius 3 is 2.74 bits per heavy atom. The van der Waals surface area contributed by atoms with E-state index in [1.165, 1.54) is 11.8 Å². The predicted octanol–water partition coefficient (Wildman–Crippen LogP) is 3.55. The molecule has 1 N–H and O–H groups in total. The fourth-order valence-corrected chi connectivity index (χ4v) is 4.13. The minimum Gasteiger partial charge on any atom is -0.459 e. The summed E-state index contributed by atoms with van der Waals surface area (Å²) in [6.07, 6.45) is 10.3. The Hall–Kier alpha value is -2.36. The molecule has 0 saturated heterocycles. The van der Waals surface area contributed by atoms with Crippen LogP contribution >= 0.6 is 0 Å². The van der Waals surface area contributed by atoms with Gasteiger partial charge in [0.2, 0.25) is 0 Å². The molecular formula is C19H20N2O2. The molecular weight excluding hydrogens is 288 g/mol. The van der Waals surface area contributed by atoms with Gasteiger partial charge < -0.3 is 9.72 Å². The van der Waals surface area contributed by atoms with Crippen LogP contribution in [0.5, 0.6) is 0 Å². The number of nitrogens with zero attached hydrogens (tertiary/aromatic N) is 1. The van der Waals surface area contributed by atoms with Gasteiger partial charge >= 0.3 is 5.97 Å². The first-order chi connectivity index (χ1) is 11.3. The first-order valence-electron chi connectivity index (χ1n) is 8.21. The maximum Gasteiger partial charge on any atom is 0.331 e. The normalized spacial score (nSPS) is 29.2. The number of aromatic amines is 1. The number of hydrogen-bond donors (Lipinski definition) is 1. The molecule has 2 bridgehead atoms. The molecule has 118 valence electrons. The third-order valence-electron chi connectivity index (χ3n) is 5.19. The van der Waals surface area contributed by atoms with Gasteiger partial charge in [0.1, 0.15) is 6.10 Å². The smallest absolute Gasteiger partial charge is 0.331 e. The number of benzene rings is 1. The van der Waals surface area contributed by atoms with Crippen LogP contribution < -0.4 is 0 Å². The van der Waals surface area contributed by atoms with Crippen molar-refractivity contribution >= 4 is 12.0 Å². The maximum absolute atomic E-state index is 12.0. The van der Waals surface area contributed by atoms with Crippen molar-refractivity contribution in [1.29, 1.82) is 0 Å². The topological polar surface area (TPSA) is 55.0 Å². The number of H-pyrrole nitrogens is 1. The lowest BCUT2D eigenvalue weighted by atomic mass is 9.85. The number of hydrogen-bond acceptors (Lipinski definition) is 3. The van der Waals surface area contributed by atoms with Crippen molar-refractivity contribution in [3.8, 4) is 0 Å². The fourth-order valence-electron chi connectivity index (χ4n) is 4.13. The van der Waals surface area contributed by atoms with E-state index in [9.17, 15) is 4.79 Å². The summed E-state index contributed by atoms with van der Waals surface area (Å²) in [4.78, 5) is 19.4. The Labute approximate surface area is 135 Å². The highest BCUT2D eigenvalue weighted by Crippen LogP contribution is 2.53. The van der Waals surface area contributed by atoms with Gasteiger partial charge in [-0.25, -0.2) is 9.78 Å². The number of aromatic nitrogens is 2. The second kappa shape index (κ2) is 6.03. The Kier molecular flexibility index (Phi) is 3.74. The zero-order chi connectivity index (χ0) is 15.6. The van der Waals surface area contributed by atoms with Gasteiger partial charge in [0.05, 0.1) is 6.33 Å². The van der Waals surface area contributed by atoms with Crippen LogP contribution in [-0.4, -0.2) is 22.0 Å². The van der Waals surface area contributed by atoms with E-state index in [1.807, 2.05) is 42.6 Å². The van der Waals surface area contributed by atoms with E-state index in [2.05, 4.69) is 9.97 Å². The van der Waals surface area contributed by atoms with Gasteiger partial charge in [0, 0.05) is 23.9 Å². The average molecular weight is 308 g/mol. The van der Waals surface area contributed by atoms with Crippen molar-refractivity contribution in [2.24, 2.45) is 11.8 Å². The third kappa shape index (κ3) is 2.93. The number of rotatable bonds is 4. The van der Waals surface area contributed by atoms with Gasteiger partial charge in [-0.1, -0.05) is 30.3 Å². The minimum absolute atomic E-state index is 0.0760. The first-order valence-corrected chi connectivity index (χ1v) is 8.21. The molecule has 0 aliphatic heterocycles. The second-order valence-corrected chi connectivity index (χ2v) is 6.56. The maximum atomic E-state index is 12.0. The number of nitrogens with one attached hydrogen (secondary N) is 1. The molecule has 1 aromatic heterocycles. The zero-order valence-electron chi connectivity index (χ0n) is 12.9. The molecule has 2 aromatic rings. The number of imidazole rings is 1. The van der Waals surface area contributed by atoms with E-state index in [0.29, 0.717) is 17.8 Å². The predicted molar refractivity (Wildman–Crippen MR) is 87.5 cm³/mol. The Morgan fingerprint density at radius 2 is 2.04 bits per heavy atom. The molecule has 0 unspecified atom stereocenters. The summed E-state index contributed by atoms with van der Waals surface area (Å²) in [5.74, 6) is 1.42. The van der Waals surface area contributed by atoms with E-state index in [0.717, 1.165) is 24.8 Å². The molecule has 2 fully saturated rings.